The maximum atomic E-state index is 13.0. The number of ether oxygens (including phenoxy) is 1. The number of amides is 1. The number of aliphatic imine (C=N–C) groups is 1. The molecule has 0 aliphatic carbocycles. The number of piperidine rings is 1. The molecule has 0 radical (unpaired) electrons. The lowest BCUT2D eigenvalue weighted by Gasteiger charge is -2.40. The zero-order valence-corrected chi connectivity index (χ0v) is 18.4. The number of aliphatic carboxylic acids is 1. The molecule has 164 valence electrons. The van der Waals surface area contributed by atoms with Crippen molar-refractivity contribution in [2.75, 3.05) is 26.7 Å². The zero-order chi connectivity index (χ0) is 21.7. The average molecular weight is 415 g/mol. The lowest BCUT2D eigenvalue weighted by atomic mass is 9.78. The Morgan fingerprint density at radius 1 is 1.27 bits per heavy atom. The molecule has 2 aliphatic rings. The van der Waals surface area contributed by atoms with Gasteiger partial charge in [0.15, 0.2) is 0 Å². The quantitative estimate of drug-likeness (QED) is 0.702. The Bertz CT molecular complexity index is 800. The molecule has 3 rings (SSSR count). The van der Waals surface area contributed by atoms with Gasteiger partial charge >= 0.3 is 5.97 Å². The second kappa shape index (κ2) is 10.1. The van der Waals surface area contributed by atoms with Crippen LogP contribution in [0.15, 0.2) is 23.2 Å². The summed E-state index contributed by atoms with van der Waals surface area (Å²) in [7, 11) is 1.67. The van der Waals surface area contributed by atoms with E-state index in [1.807, 2.05) is 11.0 Å². The molecule has 0 spiro atoms. The Morgan fingerprint density at radius 3 is 2.70 bits per heavy atom. The molecule has 1 aromatic carbocycles. The smallest absolute Gasteiger partial charge is 0.303 e. The predicted octanol–water partition coefficient (Wildman–Crippen LogP) is 3.81. The van der Waals surface area contributed by atoms with Gasteiger partial charge in [-0.25, -0.2) is 0 Å². The number of methoxy groups -OCH3 is 1. The highest BCUT2D eigenvalue weighted by molar-refractivity contribution is 6.03. The predicted molar refractivity (Wildman–Crippen MR) is 117 cm³/mol. The van der Waals surface area contributed by atoms with Crippen molar-refractivity contribution < 1.29 is 19.4 Å². The number of nitrogens with zero attached hydrogens (tertiary/aromatic N) is 2. The number of hydrogen-bond acceptors (Lipinski definition) is 4. The van der Waals surface area contributed by atoms with Crippen LogP contribution in [-0.2, 0) is 16.0 Å². The molecule has 1 saturated heterocycles. The van der Waals surface area contributed by atoms with Crippen LogP contribution in [0.3, 0.4) is 0 Å². The Kier molecular flexibility index (Phi) is 7.51. The molecule has 1 N–H and O–H groups in total. The number of carbonyl (C=O) groups excluding carboxylic acids is 1. The molecule has 2 aliphatic heterocycles. The van der Waals surface area contributed by atoms with Gasteiger partial charge in [0.25, 0.3) is 0 Å². The summed E-state index contributed by atoms with van der Waals surface area (Å²) < 4.78 is 5.36. The molecule has 2 heterocycles. The minimum Gasteiger partial charge on any atom is -0.497 e. The summed E-state index contributed by atoms with van der Waals surface area (Å²) in [5.41, 5.74) is 3.41. The van der Waals surface area contributed by atoms with E-state index >= 15 is 0 Å². The highest BCUT2D eigenvalue weighted by atomic mass is 16.5. The van der Waals surface area contributed by atoms with Crippen molar-refractivity contribution in [1.29, 1.82) is 0 Å². The first-order chi connectivity index (χ1) is 14.5. The lowest BCUT2D eigenvalue weighted by molar-refractivity contribution is -0.141. The molecule has 0 saturated carbocycles. The van der Waals surface area contributed by atoms with Crippen molar-refractivity contribution in [1.82, 2.24) is 4.90 Å². The number of benzene rings is 1. The summed E-state index contributed by atoms with van der Waals surface area (Å²) in [6.45, 7) is 6.13. The third-order valence-electron chi connectivity index (χ3n) is 6.74. The van der Waals surface area contributed by atoms with Crippen LogP contribution in [0.4, 0.5) is 0 Å². The number of carboxylic acids is 1. The first-order valence-electron chi connectivity index (χ1n) is 11.2. The summed E-state index contributed by atoms with van der Waals surface area (Å²) in [4.78, 5) is 31.2. The van der Waals surface area contributed by atoms with Crippen molar-refractivity contribution >= 4 is 17.6 Å². The van der Waals surface area contributed by atoms with Crippen molar-refractivity contribution in [3.8, 4) is 5.75 Å². The van der Waals surface area contributed by atoms with Gasteiger partial charge in [-0.3, -0.25) is 14.6 Å². The second-order valence-electron chi connectivity index (χ2n) is 8.51. The average Bonchev–Trinajstić information content (AvgIpc) is 2.75. The van der Waals surface area contributed by atoms with Crippen LogP contribution in [0.25, 0.3) is 0 Å². The van der Waals surface area contributed by atoms with Crippen molar-refractivity contribution in [3.05, 3.63) is 29.3 Å². The van der Waals surface area contributed by atoms with E-state index < -0.39 is 5.97 Å². The highest BCUT2D eigenvalue weighted by Gasteiger charge is 2.35. The fourth-order valence-corrected chi connectivity index (χ4v) is 4.91. The number of hydrogen-bond donors (Lipinski definition) is 1. The van der Waals surface area contributed by atoms with Crippen LogP contribution < -0.4 is 4.74 Å². The molecule has 6 nitrogen and oxygen atoms in total. The first kappa shape index (κ1) is 22.3. The summed E-state index contributed by atoms with van der Waals surface area (Å²) in [5.74, 6) is 0.537. The standard InChI is InChI=1S/C24H34N2O4/c1-4-16(5-2)24(29)26-11-9-17(14-23(27)28)19(15-26)13-22-21-7-6-20(30-3)12-18(21)8-10-25-22/h6-7,12,16-17,19H,4-5,8-11,13-15H2,1-3H3,(H,27,28)/t17-,19-/m0/s1. The Morgan fingerprint density at radius 2 is 2.03 bits per heavy atom. The van der Waals surface area contributed by atoms with E-state index in [0.717, 1.165) is 49.3 Å². The molecular formula is C24H34N2O4. The largest absolute Gasteiger partial charge is 0.497 e. The topological polar surface area (TPSA) is 79.2 Å². The molecule has 2 atom stereocenters. The van der Waals surface area contributed by atoms with Gasteiger partial charge in [-0.1, -0.05) is 13.8 Å². The monoisotopic (exact) mass is 414 g/mol. The van der Waals surface area contributed by atoms with Gasteiger partial charge in [-0.05, 0) is 73.3 Å². The van der Waals surface area contributed by atoms with E-state index in [4.69, 9.17) is 9.73 Å². The van der Waals surface area contributed by atoms with Crippen molar-refractivity contribution in [2.24, 2.45) is 22.7 Å². The van der Waals surface area contributed by atoms with Gasteiger partial charge in [-0.15, -0.1) is 0 Å². The summed E-state index contributed by atoms with van der Waals surface area (Å²) in [5, 5.41) is 9.42. The summed E-state index contributed by atoms with van der Waals surface area (Å²) in [6, 6.07) is 6.09. The van der Waals surface area contributed by atoms with Gasteiger partial charge in [0.1, 0.15) is 5.75 Å². The Labute approximate surface area is 179 Å². The molecule has 0 bridgehead atoms. The van der Waals surface area contributed by atoms with Crippen LogP contribution in [0, 0.1) is 17.8 Å². The Hall–Kier alpha value is -2.37. The van der Waals surface area contributed by atoms with Crippen LogP contribution in [-0.4, -0.2) is 54.3 Å². The van der Waals surface area contributed by atoms with Gasteiger partial charge in [0.05, 0.1) is 7.11 Å². The first-order valence-corrected chi connectivity index (χ1v) is 11.2. The number of likely N-dealkylation sites (tertiary alicyclic amines) is 1. The number of carbonyl (C=O) groups is 2. The molecule has 0 aromatic heterocycles. The third kappa shape index (κ3) is 5.02. The number of rotatable bonds is 8. The highest BCUT2D eigenvalue weighted by Crippen LogP contribution is 2.33. The fraction of sp³-hybridized carbons (Fsp3) is 0.625. The van der Waals surface area contributed by atoms with Crippen LogP contribution in [0.2, 0.25) is 0 Å². The molecule has 6 heteroatoms. The van der Waals surface area contributed by atoms with Crippen LogP contribution in [0.1, 0.15) is 57.1 Å². The minimum absolute atomic E-state index is 0.0573. The van der Waals surface area contributed by atoms with E-state index in [1.165, 1.54) is 5.56 Å². The van der Waals surface area contributed by atoms with Gasteiger partial charge in [0.2, 0.25) is 5.91 Å². The normalized spacial score (nSPS) is 21.2. The van der Waals surface area contributed by atoms with E-state index in [9.17, 15) is 14.7 Å². The second-order valence-corrected chi connectivity index (χ2v) is 8.51. The van der Waals surface area contributed by atoms with Gasteiger partial charge in [0, 0.05) is 37.7 Å². The van der Waals surface area contributed by atoms with Crippen molar-refractivity contribution in [3.63, 3.8) is 0 Å². The molecule has 1 amide bonds. The van der Waals surface area contributed by atoms with E-state index in [2.05, 4.69) is 26.0 Å². The number of carboxylic acid groups (broad SMARTS) is 1. The zero-order valence-electron chi connectivity index (χ0n) is 18.4. The molecule has 0 unspecified atom stereocenters. The lowest BCUT2D eigenvalue weighted by Crippen LogP contribution is -2.47. The SMILES string of the molecule is CCC(CC)C(=O)N1CC[C@@H](CC(=O)O)[C@@H](CC2=NCCc3cc(OC)ccc32)C1. The van der Waals surface area contributed by atoms with Gasteiger partial charge < -0.3 is 14.7 Å². The third-order valence-corrected chi connectivity index (χ3v) is 6.74. The number of fused-ring (bicyclic) bond motifs is 1. The van der Waals surface area contributed by atoms with Crippen LogP contribution >= 0.6 is 0 Å². The fourth-order valence-electron chi connectivity index (χ4n) is 4.91. The molecular weight excluding hydrogens is 380 g/mol. The maximum absolute atomic E-state index is 13.0. The summed E-state index contributed by atoms with van der Waals surface area (Å²) >= 11 is 0. The van der Waals surface area contributed by atoms with Gasteiger partial charge in [-0.2, -0.15) is 0 Å². The van der Waals surface area contributed by atoms with Crippen LogP contribution in [0.5, 0.6) is 5.75 Å². The molecule has 1 fully saturated rings. The summed E-state index contributed by atoms with van der Waals surface area (Å²) in [6.07, 6.45) is 4.18. The molecule has 1 aromatic rings. The van der Waals surface area contributed by atoms with E-state index in [1.54, 1.807) is 7.11 Å². The molecule has 30 heavy (non-hydrogen) atoms. The van der Waals surface area contributed by atoms with E-state index in [0.29, 0.717) is 19.5 Å². The minimum atomic E-state index is -0.763. The van der Waals surface area contributed by atoms with Crippen molar-refractivity contribution in [2.45, 2.75) is 52.4 Å². The van der Waals surface area contributed by atoms with E-state index in [-0.39, 0.29) is 30.1 Å². The Balaban J connectivity index is 1.80. The maximum Gasteiger partial charge on any atom is 0.303 e.